The van der Waals surface area contributed by atoms with Crippen molar-refractivity contribution in [2.75, 3.05) is 0 Å². The van der Waals surface area contributed by atoms with Crippen molar-refractivity contribution in [3.8, 4) is 5.69 Å². The van der Waals surface area contributed by atoms with Gasteiger partial charge in [0.25, 0.3) is 5.56 Å². The Morgan fingerprint density at radius 1 is 1.10 bits per heavy atom. The van der Waals surface area contributed by atoms with Crippen LogP contribution in [0.3, 0.4) is 0 Å². The van der Waals surface area contributed by atoms with Gasteiger partial charge >= 0.3 is 5.97 Å². The van der Waals surface area contributed by atoms with Gasteiger partial charge in [-0.25, -0.2) is 4.79 Å². The van der Waals surface area contributed by atoms with E-state index in [1.807, 2.05) is 32.0 Å². The maximum absolute atomic E-state index is 12.4. The number of aromatic nitrogens is 1. The molecule has 104 valence electrons. The van der Waals surface area contributed by atoms with Gasteiger partial charge in [-0.2, -0.15) is 0 Å². The fourth-order valence-corrected chi connectivity index (χ4v) is 2.33. The van der Waals surface area contributed by atoms with Crippen LogP contribution in [0.15, 0.2) is 29.2 Å². The number of nitrogens with zero attached hydrogens (tertiary/aromatic N) is 1. The summed E-state index contributed by atoms with van der Waals surface area (Å²) in [7, 11) is 0. The van der Waals surface area contributed by atoms with E-state index in [1.54, 1.807) is 20.0 Å². The van der Waals surface area contributed by atoms with Crippen LogP contribution in [0.5, 0.6) is 0 Å². The van der Waals surface area contributed by atoms with Gasteiger partial charge in [0.15, 0.2) is 0 Å². The van der Waals surface area contributed by atoms with Crippen molar-refractivity contribution in [1.29, 1.82) is 0 Å². The molecule has 0 saturated heterocycles. The van der Waals surface area contributed by atoms with Gasteiger partial charge in [-0.3, -0.25) is 9.36 Å². The number of carbonyl (C=O) groups is 1. The predicted molar refractivity (Wildman–Crippen MR) is 77.9 cm³/mol. The summed E-state index contributed by atoms with van der Waals surface area (Å²) in [6.07, 6.45) is 1.70. The highest BCUT2D eigenvalue weighted by Crippen LogP contribution is 2.17. The van der Waals surface area contributed by atoms with Crippen LogP contribution >= 0.6 is 0 Å². The molecule has 4 nitrogen and oxygen atoms in total. The Morgan fingerprint density at radius 3 is 2.30 bits per heavy atom. The van der Waals surface area contributed by atoms with Crippen LogP contribution < -0.4 is 5.56 Å². The van der Waals surface area contributed by atoms with Crippen molar-refractivity contribution in [1.82, 2.24) is 4.57 Å². The van der Waals surface area contributed by atoms with E-state index in [9.17, 15) is 14.7 Å². The first-order chi connectivity index (χ1) is 9.32. The number of rotatable bonds is 2. The summed E-state index contributed by atoms with van der Waals surface area (Å²) in [6, 6.07) is 5.72. The van der Waals surface area contributed by atoms with Gasteiger partial charge < -0.3 is 5.11 Å². The van der Waals surface area contributed by atoms with E-state index >= 15 is 0 Å². The maximum atomic E-state index is 12.4. The van der Waals surface area contributed by atoms with Crippen molar-refractivity contribution in [3.63, 3.8) is 0 Å². The monoisotopic (exact) mass is 271 g/mol. The molecule has 0 spiro atoms. The Bertz CT molecular complexity index is 757. The second-order valence-corrected chi connectivity index (χ2v) is 5.08. The summed E-state index contributed by atoms with van der Waals surface area (Å²) in [5.41, 5.74) is 3.39. The normalized spacial score (nSPS) is 10.6. The minimum atomic E-state index is -1.19. The average Bonchev–Trinajstić information content (AvgIpc) is 2.34. The molecule has 0 radical (unpaired) electrons. The van der Waals surface area contributed by atoms with E-state index in [2.05, 4.69) is 0 Å². The number of hydrogen-bond donors (Lipinski definition) is 1. The van der Waals surface area contributed by atoms with E-state index in [1.165, 1.54) is 4.57 Å². The van der Waals surface area contributed by atoms with Crippen LogP contribution in [-0.2, 0) is 0 Å². The van der Waals surface area contributed by atoms with Gasteiger partial charge in [-0.15, -0.1) is 0 Å². The first kappa shape index (κ1) is 14.1. The molecule has 2 aromatic rings. The number of carboxylic acid groups (broad SMARTS) is 1. The van der Waals surface area contributed by atoms with Crippen LogP contribution in [0, 0.1) is 27.7 Å². The average molecular weight is 271 g/mol. The van der Waals surface area contributed by atoms with Crippen molar-refractivity contribution in [3.05, 3.63) is 62.6 Å². The van der Waals surface area contributed by atoms with Crippen LogP contribution in [0.1, 0.15) is 32.6 Å². The first-order valence-corrected chi connectivity index (χ1v) is 6.36. The van der Waals surface area contributed by atoms with Gasteiger partial charge in [0, 0.05) is 6.20 Å². The third-order valence-electron chi connectivity index (χ3n) is 3.55. The molecule has 0 saturated carbocycles. The molecule has 1 heterocycles. The summed E-state index contributed by atoms with van der Waals surface area (Å²) >= 11 is 0. The molecule has 20 heavy (non-hydrogen) atoms. The minimum Gasteiger partial charge on any atom is -0.477 e. The molecule has 0 aliphatic rings. The quantitative estimate of drug-likeness (QED) is 0.913. The second-order valence-electron chi connectivity index (χ2n) is 5.08. The topological polar surface area (TPSA) is 59.3 Å². The predicted octanol–water partition coefficient (Wildman–Crippen LogP) is 2.77. The smallest absolute Gasteiger partial charge is 0.341 e. The third kappa shape index (κ3) is 2.25. The molecule has 2 rings (SSSR count). The summed E-state index contributed by atoms with van der Waals surface area (Å²) in [5.74, 6) is -1.19. The molecule has 0 atom stereocenters. The number of benzene rings is 1. The van der Waals surface area contributed by atoms with E-state index in [0.29, 0.717) is 11.3 Å². The van der Waals surface area contributed by atoms with Crippen molar-refractivity contribution < 1.29 is 9.90 Å². The Labute approximate surface area is 117 Å². The lowest BCUT2D eigenvalue weighted by molar-refractivity contribution is 0.0693. The lowest BCUT2D eigenvalue weighted by Crippen LogP contribution is -2.27. The number of pyridine rings is 1. The SMILES string of the molecule is Cc1ccc(-n2cc(C)c(C)c(C(=O)O)c2=O)c(C)c1. The zero-order valence-electron chi connectivity index (χ0n) is 12.0. The van der Waals surface area contributed by atoms with Crippen LogP contribution in [0.25, 0.3) is 5.69 Å². The zero-order chi connectivity index (χ0) is 15.0. The summed E-state index contributed by atoms with van der Waals surface area (Å²) in [5, 5.41) is 9.24. The molecular formula is C16H17NO3. The van der Waals surface area contributed by atoms with E-state index in [-0.39, 0.29) is 5.56 Å². The molecule has 0 unspecified atom stereocenters. The summed E-state index contributed by atoms with van der Waals surface area (Å²) in [6.45, 7) is 7.35. The first-order valence-electron chi connectivity index (χ1n) is 6.36. The van der Waals surface area contributed by atoms with Gasteiger partial charge in [0.05, 0.1) is 5.69 Å². The van der Waals surface area contributed by atoms with Gasteiger partial charge in [-0.1, -0.05) is 17.7 Å². The number of aromatic carboxylic acids is 1. The van der Waals surface area contributed by atoms with Gasteiger partial charge in [0.1, 0.15) is 5.56 Å². The van der Waals surface area contributed by atoms with Crippen molar-refractivity contribution in [2.24, 2.45) is 0 Å². The Morgan fingerprint density at radius 2 is 1.75 bits per heavy atom. The third-order valence-corrected chi connectivity index (χ3v) is 3.55. The molecule has 0 fully saturated rings. The summed E-state index contributed by atoms with van der Waals surface area (Å²) in [4.78, 5) is 23.7. The molecule has 0 amide bonds. The minimum absolute atomic E-state index is 0.162. The molecule has 1 aromatic heterocycles. The highest BCUT2D eigenvalue weighted by Gasteiger charge is 2.18. The van der Waals surface area contributed by atoms with Crippen molar-refractivity contribution in [2.45, 2.75) is 27.7 Å². The lowest BCUT2D eigenvalue weighted by atomic mass is 10.1. The highest BCUT2D eigenvalue weighted by molar-refractivity contribution is 5.89. The van der Waals surface area contributed by atoms with E-state index < -0.39 is 11.5 Å². The number of carboxylic acids is 1. The van der Waals surface area contributed by atoms with Crippen LogP contribution in [0.2, 0.25) is 0 Å². The molecule has 4 heteroatoms. The van der Waals surface area contributed by atoms with Gasteiger partial charge in [0.2, 0.25) is 0 Å². The fraction of sp³-hybridized carbons (Fsp3) is 0.250. The highest BCUT2D eigenvalue weighted by atomic mass is 16.4. The fourth-order valence-electron chi connectivity index (χ4n) is 2.33. The van der Waals surface area contributed by atoms with Crippen LogP contribution in [0.4, 0.5) is 0 Å². The van der Waals surface area contributed by atoms with E-state index in [4.69, 9.17) is 0 Å². The number of aryl methyl sites for hydroxylation is 3. The van der Waals surface area contributed by atoms with E-state index in [0.717, 1.165) is 16.7 Å². The Hall–Kier alpha value is -2.36. The van der Waals surface area contributed by atoms with Crippen LogP contribution in [-0.4, -0.2) is 15.6 Å². The molecule has 1 N–H and O–H groups in total. The van der Waals surface area contributed by atoms with Gasteiger partial charge in [-0.05, 0) is 50.5 Å². The molecule has 0 bridgehead atoms. The lowest BCUT2D eigenvalue weighted by Gasteiger charge is -2.14. The Balaban J connectivity index is 2.82. The maximum Gasteiger partial charge on any atom is 0.341 e. The standard InChI is InChI=1S/C16H17NO3/c1-9-5-6-13(10(2)7-9)17-8-11(3)12(4)14(15(17)18)16(19)20/h5-8H,1-4H3,(H,19,20). The molecule has 0 aliphatic carbocycles. The molecule has 1 aromatic carbocycles. The molecule has 0 aliphatic heterocycles. The van der Waals surface area contributed by atoms with Crippen molar-refractivity contribution >= 4 is 5.97 Å². The second kappa shape index (κ2) is 4.96. The summed E-state index contributed by atoms with van der Waals surface area (Å²) < 4.78 is 1.42. The molecular weight excluding hydrogens is 254 g/mol. The zero-order valence-corrected chi connectivity index (χ0v) is 12.0. The largest absolute Gasteiger partial charge is 0.477 e. The Kier molecular flexibility index (Phi) is 3.49. The number of hydrogen-bond acceptors (Lipinski definition) is 2.